The van der Waals surface area contributed by atoms with Gasteiger partial charge in [0.2, 0.25) is 11.8 Å². The van der Waals surface area contributed by atoms with Crippen molar-refractivity contribution in [3.05, 3.63) is 72.6 Å². The molecule has 0 aliphatic carbocycles. The number of aromatic nitrogens is 4. The summed E-state index contributed by atoms with van der Waals surface area (Å²) in [6, 6.07) is 15.4. The number of hydrogen-bond donors (Lipinski definition) is 4. The zero-order valence-corrected chi connectivity index (χ0v) is 32.9. The molecule has 3 aliphatic heterocycles. The molecule has 2 aromatic heterocycles. The van der Waals surface area contributed by atoms with Gasteiger partial charge in [-0.3, -0.25) is 9.59 Å². The number of ether oxygens (including phenoxy) is 2. The van der Waals surface area contributed by atoms with Crippen LogP contribution in [0, 0.1) is 5.92 Å². The van der Waals surface area contributed by atoms with Gasteiger partial charge in [-0.05, 0) is 41.0 Å². The fourth-order valence-corrected chi connectivity index (χ4v) is 10.8. The molecule has 55 heavy (non-hydrogen) atoms. The molecule has 4 amide bonds. The number of aromatic amines is 2. The molecule has 0 saturated carbocycles. The van der Waals surface area contributed by atoms with Crippen molar-refractivity contribution in [1.29, 1.82) is 0 Å². The lowest BCUT2D eigenvalue weighted by molar-refractivity contribution is -0.135. The fraction of sp³-hybridized carbons (Fsp3) is 0.436. The van der Waals surface area contributed by atoms with Crippen LogP contribution in [0.5, 0.6) is 0 Å². The molecular weight excluding hydrogens is 741 g/mol. The Kier molecular flexibility index (Phi) is 11.4. The molecule has 14 nitrogen and oxygen atoms in total. The topological polar surface area (TPSA) is 175 Å². The molecule has 4 N–H and O–H groups in total. The maximum Gasteiger partial charge on any atom is 0.407 e. The van der Waals surface area contributed by atoms with Gasteiger partial charge in [-0.1, -0.05) is 62.4 Å². The number of likely N-dealkylation sites (tertiary alicyclic amines) is 2. The van der Waals surface area contributed by atoms with E-state index in [9.17, 15) is 19.2 Å². The van der Waals surface area contributed by atoms with E-state index in [-0.39, 0.29) is 40.4 Å². The third-order valence-electron chi connectivity index (χ3n) is 10.5. The Labute approximate surface area is 328 Å². The van der Waals surface area contributed by atoms with Crippen LogP contribution >= 0.6 is 23.5 Å². The van der Waals surface area contributed by atoms with Crippen molar-refractivity contribution in [1.82, 2.24) is 40.4 Å². The lowest BCUT2D eigenvalue weighted by Crippen LogP contribution is -2.51. The van der Waals surface area contributed by atoms with Gasteiger partial charge in [0.25, 0.3) is 0 Å². The zero-order chi connectivity index (χ0) is 38.7. The first-order valence-corrected chi connectivity index (χ1v) is 20.4. The van der Waals surface area contributed by atoms with Gasteiger partial charge in [0.15, 0.2) is 0 Å². The number of benzene rings is 2. The Morgan fingerprint density at radius 3 is 1.91 bits per heavy atom. The highest BCUT2D eigenvalue weighted by Crippen LogP contribution is 2.55. The SMILES string of the molecule is COC(=O)NCC(=O)N1CC2(C[C@H]1c1ncc(-c3ccc(-c4ccc(-c5cnc(C6CCCN6C(=O)[C@@H](NC(=O)OC)C(C)C)[nH]5)cc4)cc3)[nH]1)SCCS2. The van der Waals surface area contributed by atoms with Gasteiger partial charge in [-0.2, -0.15) is 0 Å². The molecule has 1 spiro atoms. The van der Waals surface area contributed by atoms with E-state index < -0.39 is 18.2 Å². The van der Waals surface area contributed by atoms with Gasteiger partial charge < -0.3 is 39.9 Å². The summed E-state index contributed by atoms with van der Waals surface area (Å²) in [6.45, 7) is 4.86. The third-order valence-corrected chi connectivity index (χ3v) is 13.9. The molecule has 290 valence electrons. The number of nitrogens with one attached hydrogen (secondary N) is 4. The normalized spacial score (nSPS) is 19.5. The third kappa shape index (κ3) is 8.20. The minimum atomic E-state index is -0.687. The monoisotopic (exact) mass is 786 g/mol. The second-order valence-electron chi connectivity index (χ2n) is 14.3. The maximum absolute atomic E-state index is 13.5. The van der Waals surface area contributed by atoms with E-state index in [0.717, 1.165) is 76.1 Å². The molecule has 5 heterocycles. The Hall–Kier alpha value is -4.96. The van der Waals surface area contributed by atoms with Crippen LogP contribution in [0.1, 0.15) is 56.8 Å². The van der Waals surface area contributed by atoms with Gasteiger partial charge in [-0.25, -0.2) is 19.6 Å². The van der Waals surface area contributed by atoms with Crippen molar-refractivity contribution in [2.45, 2.75) is 55.3 Å². The van der Waals surface area contributed by atoms with Gasteiger partial charge >= 0.3 is 12.2 Å². The smallest absolute Gasteiger partial charge is 0.407 e. The fourth-order valence-electron chi connectivity index (χ4n) is 7.56. The molecule has 16 heteroatoms. The Morgan fingerprint density at radius 1 is 0.818 bits per heavy atom. The van der Waals surface area contributed by atoms with Crippen LogP contribution in [-0.2, 0) is 19.1 Å². The van der Waals surface area contributed by atoms with E-state index in [2.05, 4.69) is 78.9 Å². The number of nitrogens with zero attached hydrogens (tertiary/aromatic N) is 4. The average molecular weight is 787 g/mol. The van der Waals surface area contributed by atoms with Crippen LogP contribution in [0.25, 0.3) is 33.6 Å². The summed E-state index contributed by atoms with van der Waals surface area (Å²) in [4.78, 5) is 70.4. The molecule has 3 aliphatic rings. The molecule has 0 bridgehead atoms. The summed E-state index contributed by atoms with van der Waals surface area (Å²) in [5.41, 5.74) is 5.79. The number of carbonyl (C=O) groups is 4. The Balaban J connectivity index is 1.01. The van der Waals surface area contributed by atoms with Crippen LogP contribution < -0.4 is 10.6 Å². The minimum absolute atomic E-state index is 0.0735. The van der Waals surface area contributed by atoms with Crippen molar-refractivity contribution >= 4 is 47.5 Å². The molecule has 0 radical (unpaired) electrons. The van der Waals surface area contributed by atoms with Crippen molar-refractivity contribution in [2.24, 2.45) is 5.92 Å². The van der Waals surface area contributed by atoms with E-state index >= 15 is 0 Å². The summed E-state index contributed by atoms with van der Waals surface area (Å²) in [5.74, 6) is 3.14. The number of imidazole rings is 2. The predicted molar refractivity (Wildman–Crippen MR) is 212 cm³/mol. The largest absolute Gasteiger partial charge is 0.453 e. The van der Waals surface area contributed by atoms with Crippen LogP contribution in [0.2, 0.25) is 0 Å². The number of amides is 4. The summed E-state index contributed by atoms with van der Waals surface area (Å²) < 4.78 is 9.34. The second-order valence-corrected chi connectivity index (χ2v) is 17.5. The standard InChI is InChI=1S/C39H46N8O6S2/c1-23(2)33(45-38(51)53-4)36(49)46-15-5-6-30(46)34-40-19-28(43-34)26-11-7-24(8-12-26)25-9-13-27(14-10-25)29-20-41-35(44-29)31-18-39(54-16-17-55-39)22-47(31)32(48)21-42-37(50)52-3/h7-14,19-20,23,30-31,33H,5-6,15-18,21-22H2,1-4H3,(H,40,43)(H,41,44)(H,42,50)(H,45,51)/t30?,31-,33-/m0/s1. The average Bonchev–Trinajstić information content (AvgIpc) is 4.06. The molecular formula is C39H46N8O6S2. The molecule has 3 fully saturated rings. The number of thioether (sulfide) groups is 2. The van der Waals surface area contributed by atoms with Crippen molar-refractivity contribution in [2.75, 3.05) is 45.4 Å². The van der Waals surface area contributed by atoms with Crippen LogP contribution in [-0.4, -0.2) is 109 Å². The number of carbonyl (C=O) groups excluding carboxylic acids is 4. The van der Waals surface area contributed by atoms with E-state index in [1.807, 2.05) is 53.4 Å². The molecule has 3 saturated heterocycles. The number of rotatable bonds is 10. The highest BCUT2D eigenvalue weighted by Gasteiger charge is 2.50. The zero-order valence-electron chi connectivity index (χ0n) is 31.3. The number of hydrogen-bond acceptors (Lipinski definition) is 10. The second kappa shape index (κ2) is 16.4. The first-order valence-electron chi connectivity index (χ1n) is 18.4. The Morgan fingerprint density at radius 2 is 1.36 bits per heavy atom. The quantitative estimate of drug-likeness (QED) is 0.150. The van der Waals surface area contributed by atoms with E-state index in [1.54, 1.807) is 6.20 Å². The first-order chi connectivity index (χ1) is 26.6. The summed E-state index contributed by atoms with van der Waals surface area (Å²) in [5, 5.41) is 5.22. The minimum Gasteiger partial charge on any atom is -0.453 e. The summed E-state index contributed by atoms with van der Waals surface area (Å²) >= 11 is 3.79. The van der Waals surface area contributed by atoms with Crippen molar-refractivity contribution < 1.29 is 28.7 Å². The highest BCUT2D eigenvalue weighted by molar-refractivity contribution is 8.21. The highest BCUT2D eigenvalue weighted by atomic mass is 32.2. The lowest BCUT2D eigenvalue weighted by Gasteiger charge is -2.30. The van der Waals surface area contributed by atoms with Crippen LogP contribution in [0.4, 0.5) is 9.59 Å². The van der Waals surface area contributed by atoms with Gasteiger partial charge in [-0.15, -0.1) is 23.5 Å². The maximum atomic E-state index is 13.5. The Bertz CT molecular complexity index is 2010. The van der Waals surface area contributed by atoms with Crippen molar-refractivity contribution in [3.63, 3.8) is 0 Å². The van der Waals surface area contributed by atoms with E-state index in [4.69, 9.17) is 9.72 Å². The summed E-state index contributed by atoms with van der Waals surface area (Å²) in [6.07, 6.45) is 4.77. The van der Waals surface area contributed by atoms with Crippen LogP contribution in [0.3, 0.4) is 0 Å². The summed E-state index contributed by atoms with van der Waals surface area (Å²) in [7, 11) is 2.57. The molecule has 4 aromatic rings. The number of H-pyrrole nitrogens is 2. The molecule has 3 atom stereocenters. The molecule has 7 rings (SSSR count). The first kappa shape index (κ1) is 38.3. The van der Waals surface area contributed by atoms with Crippen molar-refractivity contribution in [3.8, 4) is 33.6 Å². The number of alkyl carbamates (subject to hydrolysis) is 2. The lowest BCUT2D eigenvalue weighted by atomic mass is 10.0. The van der Waals surface area contributed by atoms with Gasteiger partial charge in [0, 0.05) is 31.0 Å². The van der Waals surface area contributed by atoms with Crippen LogP contribution in [0.15, 0.2) is 60.9 Å². The van der Waals surface area contributed by atoms with Gasteiger partial charge in [0.05, 0.1) is 54.2 Å². The van der Waals surface area contributed by atoms with E-state index in [0.29, 0.717) is 13.1 Å². The van der Waals surface area contributed by atoms with E-state index in [1.165, 1.54) is 14.2 Å². The molecule has 1 unspecified atom stereocenters. The predicted octanol–water partition coefficient (Wildman–Crippen LogP) is 5.98. The number of methoxy groups -OCH3 is 2. The molecule has 2 aromatic carbocycles. The van der Waals surface area contributed by atoms with Gasteiger partial charge in [0.1, 0.15) is 24.2 Å².